The molecule has 0 aliphatic carbocycles. The Morgan fingerprint density at radius 3 is 2.88 bits per heavy atom. The molecule has 0 fully saturated rings. The van der Waals surface area contributed by atoms with Crippen LogP contribution >= 0.6 is 34.9 Å². The minimum Gasteiger partial charge on any atom is -0.460 e. The molecule has 24 heavy (non-hydrogen) atoms. The van der Waals surface area contributed by atoms with E-state index in [4.69, 9.17) is 11.6 Å². The molecule has 2 aromatic rings. The van der Waals surface area contributed by atoms with Gasteiger partial charge < -0.3 is 4.74 Å². The highest BCUT2D eigenvalue weighted by Crippen LogP contribution is 2.20. The molecule has 0 saturated carbocycles. The van der Waals surface area contributed by atoms with E-state index in [0.717, 1.165) is 28.2 Å². The van der Waals surface area contributed by atoms with Gasteiger partial charge in [-0.2, -0.15) is 0 Å². The minimum atomic E-state index is -0.977. The lowest BCUT2D eigenvalue weighted by Gasteiger charge is -2.04. The van der Waals surface area contributed by atoms with Gasteiger partial charge in [0.05, 0.1) is 6.61 Å². The van der Waals surface area contributed by atoms with Gasteiger partial charge in [0.2, 0.25) is 0 Å². The van der Waals surface area contributed by atoms with Crippen molar-refractivity contribution in [2.24, 2.45) is 0 Å². The molecule has 0 aliphatic rings. The second kappa shape index (κ2) is 8.67. The van der Waals surface area contributed by atoms with E-state index >= 15 is 0 Å². The van der Waals surface area contributed by atoms with Gasteiger partial charge in [0.1, 0.15) is 5.69 Å². The zero-order chi connectivity index (χ0) is 17.5. The topological polar surface area (TPSA) is 97.4 Å². The van der Waals surface area contributed by atoms with Crippen LogP contribution in [0.25, 0.3) is 0 Å². The molecule has 0 atom stereocenters. The van der Waals surface area contributed by atoms with Gasteiger partial charge in [0.15, 0.2) is 5.13 Å². The first-order valence-electron chi connectivity index (χ1n) is 6.66. The summed E-state index contributed by atoms with van der Waals surface area (Å²) >= 11 is 7.95. The zero-order valence-electron chi connectivity index (χ0n) is 12.4. The first-order chi connectivity index (χ1) is 11.5. The Balaban J connectivity index is 1.88. The third kappa shape index (κ3) is 5.22. The van der Waals surface area contributed by atoms with E-state index in [1.54, 1.807) is 31.2 Å². The molecule has 2 rings (SSSR count). The summed E-state index contributed by atoms with van der Waals surface area (Å²) in [6.45, 7) is 1.70. The lowest BCUT2D eigenvalue weighted by Crippen LogP contribution is -2.23. The van der Waals surface area contributed by atoms with Crippen molar-refractivity contribution >= 4 is 57.8 Å². The van der Waals surface area contributed by atoms with Gasteiger partial charge >= 0.3 is 12.0 Å². The molecule has 0 saturated heterocycles. The minimum absolute atomic E-state index is 0.0729. The predicted molar refractivity (Wildman–Crippen MR) is 92.5 cm³/mol. The lowest BCUT2D eigenvalue weighted by atomic mass is 10.3. The molecule has 0 unspecified atom stereocenters. The van der Waals surface area contributed by atoms with Gasteiger partial charge in [-0.05, 0) is 37.1 Å². The van der Waals surface area contributed by atoms with Gasteiger partial charge in [0, 0.05) is 15.3 Å². The van der Waals surface area contributed by atoms with Gasteiger partial charge in [-0.25, -0.2) is 14.6 Å². The summed E-state index contributed by atoms with van der Waals surface area (Å²) in [6, 6.07) is 6.45. The number of rotatable bonds is 6. The summed E-state index contributed by atoms with van der Waals surface area (Å²) < 4.78 is 7.16. The highest BCUT2D eigenvalue weighted by Gasteiger charge is 2.21. The monoisotopic (exact) mass is 385 g/mol. The standard InChI is InChI=1S/C14H12ClN3O4S2/c1-2-22-12(20)11(19)10-7-23-14(16-10)17-13(21)18-24-9-5-3-4-8(15)6-9/h3-7H,2H2,1H3,(H2,16,17,18,21). The molecule has 0 bridgehead atoms. The number of thiazole rings is 1. The average Bonchev–Trinajstić information content (AvgIpc) is 3.01. The maximum atomic E-state index is 11.8. The fourth-order valence-electron chi connectivity index (χ4n) is 1.50. The lowest BCUT2D eigenvalue weighted by molar-refractivity contribution is -0.137. The van der Waals surface area contributed by atoms with Crippen molar-refractivity contribution in [3.05, 3.63) is 40.4 Å². The number of aromatic nitrogens is 1. The van der Waals surface area contributed by atoms with Crippen molar-refractivity contribution < 1.29 is 19.1 Å². The number of ketones is 1. The van der Waals surface area contributed by atoms with Crippen molar-refractivity contribution in [3.63, 3.8) is 0 Å². The molecule has 0 aliphatic heterocycles. The van der Waals surface area contributed by atoms with E-state index in [1.807, 2.05) is 0 Å². The molecule has 2 amide bonds. The van der Waals surface area contributed by atoms with Crippen molar-refractivity contribution in [3.8, 4) is 0 Å². The molecular weight excluding hydrogens is 374 g/mol. The first-order valence-corrected chi connectivity index (χ1v) is 8.73. The summed E-state index contributed by atoms with van der Waals surface area (Å²) in [7, 11) is 0. The third-order valence-corrected chi connectivity index (χ3v) is 4.25. The van der Waals surface area contributed by atoms with Crippen LogP contribution < -0.4 is 10.0 Å². The molecule has 0 radical (unpaired) electrons. The average molecular weight is 386 g/mol. The van der Waals surface area contributed by atoms with Crippen LogP contribution in [0.1, 0.15) is 17.4 Å². The number of Topliss-reactive ketones (excluding diaryl/α,β-unsaturated/α-hetero) is 1. The highest BCUT2D eigenvalue weighted by atomic mass is 35.5. The second-order valence-corrected chi connectivity index (χ2v) is 6.38. The summed E-state index contributed by atoms with van der Waals surface area (Å²) in [5.74, 6) is -1.83. The predicted octanol–water partition coefficient (Wildman–Crippen LogP) is 3.37. The Bertz CT molecular complexity index is 766. The van der Waals surface area contributed by atoms with Gasteiger partial charge in [-0.1, -0.05) is 17.7 Å². The number of halogens is 1. The number of carbonyl (C=O) groups is 3. The summed E-state index contributed by atoms with van der Waals surface area (Å²) in [5.41, 5.74) is -0.0729. The summed E-state index contributed by atoms with van der Waals surface area (Å²) in [4.78, 5) is 39.5. The Kier molecular flexibility index (Phi) is 6.59. The normalized spacial score (nSPS) is 10.1. The number of urea groups is 1. The Hall–Kier alpha value is -2.10. The Labute approximate surface area is 150 Å². The zero-order valence-corrected chi connectivity index (χ0v) is 14.8. The van der Waals surface area contributed by atoms with Crippen molar-refractivity contribution in [2.45, 2.75) is 11.8 Å². The SMILES string of the molecule is CCOC(=O)C(=O)c1csc(NC(=O)NSc2cccc(Cl)c2)n1. The van der Waals surface area contributed by atoms with Crippen LogP contribution in [0.15, 0.2) is 34.5 Å². The van der Waals surface area contributed by atoms with E-state index < -0.39 is 17.8 Å². The number of amides is 2. The number of benzene rings is 1. The Morgan fingerprint density at radius 2 is 2.17 bits per heavy atom. The third-order valence-electron chi connectivity index (χ3n) is 2.48. The van der Waals surface area contributed by atoms with Crippen LogP contribution in [0, 0.1) is 0 Å². The molecule has 1 aromatic carbocycles. The summed E-state index contributed by atoms with van der Waals surface area (Å²) in [5, 5.41) is 4.59. The summed E-state index contributed by atoms with van der Waals surface area (Å²) in [6.07, 6.45) is 0. The Morgan fingerprint density at radius 1 is 1.38 bits per heavy atom. The molecule has 1 aromatic heterocycles. The van der Waals surface area contributed by atoms with Gasteiger partial charge in [-0.15, -0.1) is 11.3 Å². The van der Waals surface area contributed by atoms with E-state index in [0.29, 0.717) is 5.02 Å². The van der Waals surface area contributed by atoms with E-state index in [-0.39, 0.29) is 17.4 Å². The molecule has 126 valence electrons. The molecule has 2 N–H and O–H groups in total. The number of anilines is 1. The van der Waals surface area contributed by atoms with Crippen LogP contribution in [-0.2, 0) is 9.53 Å². The van der Waals surface area contributed by atoms with Crippen LogP contribution in [0.3, 0.4) is 0 Å². The smallest absolute Gasteiger partial charge is 0.381 e. The van der Waals surface area contributed by atoms with Crippen molar-refractivity contribution in [2.75, 3.05) is 11.9 Å². The number of hydrogen-bond donors (Lipinski definition) is 2. The fourth-order valence-corrected chi connectivity index (χ4v) is 3.03. The van der Waals surface area contributed by atoms with Gasteiger partial charge in [-0.3, -0.25) is 14.8 Å². The maximum Gasteiger partial charge on any atom is 0.381 e. The van der Waals surface area contributed by atoms with E-state index in [1.165, 1.54) is 5.38 Å². The first kappa shape index (κ1) is 18.2. The number of hydrogen-bond acceptors (Lipinski definition) is 7. The van der Waals surface area contributed by atoms with Crippen LogP contribution in [0.5, 0.6) is 0 Å². The van der Waals surface area contributed by atoms with Crippen LogP contribution in [-0.4, -0.2) is 29.4 Å². The molecule has 1 heterocycles. The fraction of sp³-hybridized carbons (Fsp3) is 0.143. The van der Waals surface area contributed by atoms with Crippen molar-refractivity contribution in [1.82, 2.24) is 9.71 Å². The maximum absolute atomic E-state index is 11.8. The van der Waals surface area contributed by atoms with E-state index in [2.05, 4.69) is 19.8 Å². The number of carbonyl (C=O) groups excluding carboxylic acids is 3. The van der Waals surface area contributed by atoms with Gasteiger partial charge in [0.25, 0.3) is 5.78 Å². The van der Waals surface area contributed by atoms with Crippen LogP contribution in [0.2, 0.25) is 5.02 Å². The molecular formula is C14H12ClN3O4S2. The highest BCUT2D eigenvalue weighted by molar-refractivity contribution is 7.98. The number of nitrogens with zero attached hydrogens (tertiary/aromatic N) is 1. The molecule has 0 spiro atoms. The number of ether oxygens (including phenoxy) is 1. The molecule has 7 nitrogen and oxygen atoms in total. The van der Waals surface area contributed by atoms with Crippen molar-refractivity contribution in [1.29, 1.82) is 0 Å². The van der Waals surface area contributed by atoms with E-state index in [9.17, 15) is 14.4 Å². The quantitative estimate of drug-likeness (QED) is 0.342. The largest absolute Gasteiger partial charge is 0.460 e. The molecule has 10 heteroatoms. The second-order valence-electron chi connectivity index (χ2n) is 4.20. The number of esters is 1. The number of nitrogens with one attached hydrogen (secondary N) is 2. The van der Waals surface area contributed by atoms with Crippen LogP contribution in [0.4, 0.5) is 9.93 Å².